The quantitative estimate of drug-likeness (QED) is 0.714. The first kappa shape index (κ1) is 12.9. The van der Waals surface area contributed by atoms with Crippen molar-refractivity contribution in [2.24, 2.45) is 0 Å². The normalized spacial score (nSPS) is 11.4. The second-order valence-corrected chi connectivity index (χ2v) is 5.15. The van der Waals surface area contributed by atoms with Gasteiger partial charge in [-0.25, -0.2) is 4.79 Å². The van der Waals surface area contributed by atoms with Crippen LogP contribution < -0.4 is 9.44 Å². The molecule has 0 radical (unpaired) electrons. The highest BCUT2D eigenvalue weighted by Gasteiger charge is 2.21. The number of nitrogens with zero attached hydrogens (tertiary/aromatic N) is 1. The van der Waals surface area contributed by atoms with Crippen LogP contribution in [0, 0.1) is 6.92 Å². The van der Waals surface area contributed by atoms with Crippen molar-refractivity contribution in [3.05, 3.63) is 11.3 Å². The van der Waals surface area contributed by atoms with E-state index in [2.05, 4.69) is 13.8 Å². The fourth-order valence-corrected chi connectivity index (χ4v) is 2.96. The summed E-state index contributed by atoms with van der Waals surface area (Å²) in [6.45, 7) is 3.34. The molecular weight excluding hydrogens is 254 g/mol. The van der Waals surface area contributed by atoms with Gasteiger partial charge in [-0.05, 0) is 18.5 Å². The lowest BCUT2D eigenvalue weighted by atomic mass is 10.2. The van der Waals surface area contributed by atoms with Crippen molar-refractivity contribution in [1.29, 1.82) is 0 Å². The van der Waals surface area contributed by atoms with E-state index in [1.807, 2.05) is 0 Å². The van der Waals surface area contributed by atoms with Crippen molar-refractivity contribution in [1.82, 2.24) is 9.10 Å². The highest BCUT2D eigenvalue weighted by atomic mass is 32.2. The van der Waals surface area contributed by atoms with Crippen molar-refractivity contribution in [3.63, 3.8) is 0 Å². The molecule has 0 saturated heterocycles. The summed E-state index contributed by atoms with van der Waals surface area (Å²) in [6.07, 6.45) is 0. The molecule has 0 atom stereocenters. The molecule has 9 heteroatoms. The second kappa shape index (κ2) is 4.76. The van der Waals surface area contributed by atoms with Crippen LogP contribution in [0.15, 0.2) is 0 Å². The van der Waals surface area contributed by atoms with E-state index < -0.39 is 16.2 Å². The Morgan fingerprint density at radius 3 is 2.69 bits per heavy atom. The molecule has 0 bridgehead atoms. The molecule has 0 aliphatic carbocycles. The van der Waals surface area contributed by atoms with Crippen LogP contribution in [0.2, 0.25) is 0 Å². The van der Waals surface area contributed by atoms with Gasteiger partial charge >= 0.3 is 5.97 Å². The predicted octanol–water partition coefficient (Wildman–Crippen LogP) is 0.416. The van der Waals surface area contributed by atoms with Gasteiger partial charge in [-0.1, -0.05) is 6.92 Å². The third-order valence-electron chi connectivity index (χ3n) is 1.64. The highest BCUT2D eigenvalue weighted by molar-refractivity contribution is 7.91. The maximum absolute atomic E-state index is 11.3. The van der Waals surface area contributed by atoms with Crippen LogP contribution in [-0.2, 0) is 10.2 Å². The third-order valence-corrected chi connectivity index (χ3v) is 3.76. The summed E-state index contributed by atoms with van der Waals surface area (Å²) in [6, 6.07) is 0. The minimum atomic E-state index is -3.72. The van der Waals surface area contributed by atoms with E-state index in [0.717, 1.165) is 11.5 Å². The number of aromatic nitrogens is 1. The molecule has 0 unspecified atom stereocenters. The number of hydrogen-bond acceptors (Lipinski definition) is 5. The fourth-order valence-electron chi connectivity index (χ4n) is 1.04. The topological polar surface area (TPSA) is 108 Å². The molecular formula is C7H11N3O4S2. The van der Waals surface area contributed by atoms with Crippen molar-refractivity contribution >= 4 is 32.7 Å². The molecule has 0 aromatic carbocycles. The Morgan fingerprint density at radius 1 is 1.56 bits per heavy atom. The minimum Gasteiger partial charge on any atom is -0.478 e. The van der Waals surface area contributed by atoms with E-state index in [1.54, 1.807) is 6.92 Å². The third kappa shape index (κ3) is 2.90. The predicted molar refractivity (Wildman–Crippen MR) is 60.0 cm³/mol. The Kier molecular flexibility index (Phi) is 3.83. The zero-order valence-electron chi connectivity index (χ0n) is 8.64. The molecule has 1 heterocycles. The van der Waals surface area contributed by atoms with Gasteiger partial charge in [-0.3, -0.25) is 4.72 Å². The monoisotopic (exact) mass is 265 g/mol. The Balaban J connectivity index is 3.03. The summed E-state index contributed by atoms with van der Waals surface area (Å²) in [5, 5.41) is 8.88. The van der Waals surface area contributed by atoms with Gasteiger partial charge in [0.15, 0.2) is 0 Å². The number of aryl methyl sites for hydroxylation is 1. The molecule has 0 spiro atoms. The second-order valence-electron chi connectivity index (χ2n) is 2.88. The van der Waals surface area contributed by atoms with Crippen LogP contribution in [0.1, 0.15) is 23.0 Å². The van der Waals surface area contributed by atoms with Crippen molar-refractivity contribution < 1.29 is 18.3 Å². The lowest BCUT2D eigenvalue weighted by molar-refractivity contribution is 0.0697. The summed E-state index contributed by atoms with van der Waals surface area (Å²) >= 11 is 0.796. The number of anilines is 1. The van der Waals surface area contributed by atoms with Gasteiger partial charge in [0.25, 0.3) is 10.2 Å². The first-order valence-corrected chi connectivity index (χ1v) is 6.60. The van der Waals surface area contributed by atoms with Crippen molar-refractivity contribution in [2.45, 2.75) is 13.8 Å². The number of hydrogen-bond donors (Lipinski definition) is 3. The average Bonchev–Trinajstić information content (AvgIpc) is 2.45. The van der Waals surface area contributed by atoms with E-state index in [0.29, 0.717) is 0 Å². The van der Waals surface area contributed by atoms with Gasteiger partial charge in [0.1, 0.15) is 10.6 Å². The molecule has 16 heavy (non-hydrogen) atoms. The number of carboxylic acids is 1. The zero-order valence-corrected chi connectivity index (χ0v) is 10.3. The van der Waals surface area contributed by atoms with Crippen LogP contribution in [-0.4, -0.2) is 30.4 Å². The number of rotatable bonds is 5. The van der Waals surface area contributed by atoms with Crippen LogP contribution in [0.5, 0.6) is 0 Å². The Hall–Kier alpha value is -1.19. The molecule has 0 fully saturated rings. The molecule has 90 valence electrons. The maximum Gasteiger partial charge on any atom is 0.340 e. The van der Waals surface area contributed by atoms with Gasteiger partial charge in [0, 0.05) is 6.54 Å². The molecule has 3 N–H and O–H groups in total. The Morgan fingerprint density at radius 2 is 2.19 bits per heavy atom. The van der Waals surface area contributed by atoms with Gasteiger partial charge in [-0.2, -0.15) is 17.5 Å². The van der Waals surface area contributed by atoms with Crippen LogP contribution in [0.4, 0.5) is 5.00 Å². The van der Waals surface area contributed by atoms with E-state index in [-0.39, 0.29) is 22.8 Å². The van der Waals surface area contributed by atoms with E-state index in [1.165, 1.54) is 6.92 Å². The summed E-state index contributed by atoms with van der Waals surface area (Å²) in [5.74, 6) is -1.21. The van der Waals surface area contributed by atoms with Gasteiger partial charge < -0.3 is 5.11 Å². The smallest absolute Gasteiger partial charge is 0.340 e. The van der Waals surface area contributed by atoms with Crippen LogP contribution in [0.25, 0.3) is 0 Å². The maximum atomic E-state index is 11.3. The number of carboxylic acid groups (broad SMARTS) is 1. The van der Waals surface area contributed by atoms with Crippen molar-refractivity contribution in [2.75, 3.05) is 11.3 Å². The summed E-state index contributed by atoms with van der Waals surface area (Å²) in [7, 11) is -3.72. The van der Waals surface area contributed by atoms with E-state index in [4.69, 9.17) is 5.11 Å². The molecule has 1 rings (SSSR count). The summed E-state index contributed by atoms with van der Waals surface area (Å²) in [4.78, 5) is 10.9. The molecule has 0 aliphatic heterocycles. The van der Waals surface area contributed by atoms with Gasteiger partial charge in [-0.15, -0.1) is 0 Å². The molecule has 7 nitrogen and oxygen atoms in total. The van der Waals surface area contributed by atoms with E-state index in [9.17, 15) is 13.2 Å². The van der Waals surface area contributed by atoms with Gasteiger partial charge in [0.2, 0.25) is 0 Å². The Bertz CT molecular complexity index is 494. The van der Waals surface area contributed by atoms with Gasteiger partial charge in [0.05, 0.1) is 5.69 Å². The number of nitrogens with one attached hydrogen (secondary N) is 2. The first-order valence-electron chi connectivity index (χ1n) is 4.34. The number of aromatic carboxylic acids is 1. The SMILES string of the molecule is CCNS(=O)(=O)Nc1snc(C)c1C(=O)O. The molecule has 0 amide bonds. The molecule has 1 aromatic rings. The van der Waals surface area contributed by atoms with Crippen LogP contribution in [0.3, 0.4) is 0 Å². The Labute approximate surface area is 96.8 Å². The minimum absolute atomic E-state index is 0.00551. The molecule has 0 saturated carbocycles. The van der Waals surface area contributed by atoms with Crippen molar-refractivity contribution in [3.8, 4) is 0 Å². The van der Waals surface area contributed by atoms with E-state index >= 15 is 0 Å². The largest absolute Gasteiger partial charge is 0.478 e. The molecule has 1 aromatic heterocycles. The summed E-state index contributed by atoms with van der Waals surface area (Å²) < 4.78 is 30.8. The molecule has 0 aliphatic rings. The average molecular weight is 265 g/mol. The lowest BCUT2D eigenvalue weighted by Crippen LogP contribution is -2.30. The first-order chi connectivity index (χ1) is 7.37. The zero-order chi connectivity index (χ0) is 12.3. The highest BCUT2D eigenvalue weighted by Crippen LogP contribution is 2.24. The lowest BCUT2D eigenvalue weighted by Gasteiger charge is -2.05. The summed E-state index contributed by atoms with van der Waals surface area (Å²) in [5.41, 5.74) is 0.165. The standard InChI is InChI=1S/C7H11N3O4S2/c1-3-8-16(13,14)10-6-5(7(11)12)4(2)9-15-6/h8,10H,3H2,1-2H3,(H,11,12). The fraction of sp³-hybridized carbons (Fsp3) is 0.429. The number of carbonyl (C=O) groups is 1. The van der Waals surface area contributed by atoms with Crippen LogP contribution >= 0.6 is 11.5 Å².